The Morgan fingerprint density at radius 2 is 1.44 bits per heavy atom. The number of carbonyl (C=O) groups is 3. The van der Waals surface area contributed by atoms with E-state index in [4.69, 9.17) is 14.2 Å². The third-order valence-electron chi connectivity index (χ3n) is 4.87. The van der Waals surface area contributed by atoms with Crippen molar-refractivity contribution >= 4 is 23.3 Å². The van der Waals surface area contributed by atoms with Gasteiger partial charge in [-0.2, -0.15) is 0 Å². The third-order valence-corrected chi connectivity index (χ3v) is 4.87. The number of ketones is 1. The second-order valence-corrected chi connectivity index (χ2v) is 7.39. The molecule has 0 aliphatic rings. The van der Waals surface area contributed by atoms with E-state index in [0.29, 0.717) is 36.0 Å². The fourth-order valence-corrected chi connectivity index (χ4v) is 3.25. The zero-order chi connectivity index (χ0) is 24.5. The number of hydrogen-bond acceptors (Lipinski definition) is 6. The molecule has 0 fully saturated rings. The number of ether oxygens (including phenoxy) is 3. The minimum absolute atomic E-state index is 0.0978. The molecule has 7 heteroatoms. The van der Waals surface area contributed by atoms with Gasteiger partial charge >= 0.3 is 5.97 Å². The zero-order valence-corrected chi connectivity index (χ0v) is 19.4. The highest BCUT2D eigenvalue weighted by Gasteiger charge is 2.20. The van der Waals surface area contributed by atoms with Crippen molar-refractivity contribution < 1.29 is 28.6 Å². The lowest BCUT2D eigenvalue weighted by atomic mass is 9.98. The van der Waals surface area contributed by atoms with E-state index in [1.807, 2.05) is 32.9 Å². The predicted molar refractivity (Wildman–Crippen MR) is 129 cm³/mol. The predicted octanol–water partition coefficient (Wildman–Crippen LogP) is 4.82. The first-order valence-electron chi connectivity index (χ1n) is 11.0. The van der Waals surface area contributed by atoms with Crippen molar-refractivity contribution in [2.24, 2.45) is 0 Å². The van der Waals surface area contributed by atoms with Crippen LogP contribution in [0.15, 0.2) is 66.7 Å². The molecule has 0 bridgehead atoms. The van der Waals surface area contributed by atoms with Gasteiger partial charge in [0.2, 0.25) is 0 Å². The molecule has 0 aromatic heterocycles. The largest absolute Gasteiger partial charge is 0.490 e. The summed E-state index contributed by atoms with van der Waals surface area (Å²) in [5.41, 5.74) is 2.27. The van der Waals surface area contributed by atoms with Crippen molar-refractivity contribution in [1.82, 2.24) is 0 Å². The molecule has 1 N–H and O–H groups in total. The Balaban J connectivity index is 1.66. The van der Waals surface area contributed by atoms with Crippen LogP contribution >= 0.6 is 0 Å². The maximum absolute atomic E-state index is 12.9. The summed E-state index contributed by atoms with van der Waals surface area (Å²) in [6.07, 6.45) is 0. The van der Waals surface area contributed by atoms with Gasteiger partial charge in [-0.3, -0.25) is 9.59 Å². The van der Waals surface area contributed by atoms with Gasteiger partial charge in [0.05, 0.1) is 18.8 Å². The van der Waals surface area contributed by atoms with Gasteiger partial charge in [-0.05, 0) is 39.0 Å². The molecule has 0 saturated carbocycles. The number of benzene rings is 3. The Bertz CT molecular complexity index is 1170. The van der Waals surface area contributed by atoms with Crippen LogP contribution in [0.4, 0.5) is 5.69 Å². The lowest BCUT2D eigenvalue weighted by Crippen LogP contribution is -2.22. The molecular formula is C27H27NO6. The van der Waals surface area contributed by atoms with Gasteiger partial charge in [0.15, 0.2) is 23.9 Å². The minimum Gasteiger partial charge on any atom is -0.490 e. The Labute approximate surface area is 198 Å². The van der Waals surface area contributed by atoms with Crippen LogP contribution in [0.1, 0.15) is 45.7 Å². The number of aryl methyl sites for hydroxylation is 1. The summed E-state index contributed by atoms with van der Waals surface area (Å²) in [4.78, 5) is 38.0. The molecule has 0 aliphatic carbocycles. The number of esters is 1. The highest BCUT2D eigenvalue weighted by Crippen LogP contribution is 2.30. The van der Waals surface area contributed by atoms with Gasteiger partial charge in [0.25, 0.3) is 5.91 Å². The first kappa shape index (κ1) is 24.5. The summed E-state index contributed by atoms with van der Waals surface area (Å²) in [5.74, 6) is -0.503. The van der Waals surface area contributed by atoms with E-state index in [2.05, 4.69) is 5.32 Å². The zero-order valence-electron chi connectivity index (χ0n) is 19.4. The van der Waals surface area contributed by atoms with E-state index in [0.717, 1.165) is 5.56 Å². The molecule has 7 nitrogen and oxygen atoms in total. The SMILES string of the molecule is CCOc1ccc(NC(=O)COC(=O)c2ccccc2C(=O)c2ccc(C)cc2)cc1OCC. The second kappa shape index (κ2) is 11.7. The normalized spacial score (nSPS) is 10.3. The van der Waals surface area contributed by atoms with Crippen molar-refractivity contribution in [2.75, 3.05) is 25.1 Å². The second-order valence-electron chi connectivity index (χ2n) is 7.39. The summed E-state index contributed by atoms with van der Waals surface area (Å²) in [5, 5.41) is 2.67. The van der Waals surface area contributed by atoms with Crippen LogP contribution in [0.5, 0.6) is 11.5 Å². The quantitative estimate of drug-likeness (QED) is 0.344. The average Bonchev–Trinajstić information content (AvgIpc) is 2.84. The van der Waals surface area contributed by atoms with Crippen LogP contribution in [0.3, 0.4) is 0 Å². The molecule has 0 radical (unpaired) electrons. The summed E-state index contributed by atoms with van der Waals surface area (Å²) in [6, 6.07) is 18.5. The van der Waals surface area contributed by atoms with Crippen LogP contribution in [-0.4, -0.2) is 37.5 Å². The molecule has 3 rings (SSSR count). The standard InChI is InChI=1S/C27H27NO6/c1-4-32-23-15-14-20(16-24(23)33-5-2)28-25(29)17-34-27(31)22-9-7-6-8-21(22)26(30)19-12-10-18(3)11-13-19/h6-16H,4-5,17H2,1-3H3,(H,28,29). The van der Waals surface area contributed by atoms with Gasteiger partial charge in [-0.15, -0.1) is 0 Å². The number of hydrogen-bond donors (Lipinski definition) is 1. The van der Waals surface area contributed by atoms with Crippen molar-refractivity contribution in [3.8, 4) is 11.5 Å². The number of nitrogens with one attached hydrogen (secondary N) is 1. The fraction of sp³-hybridized carbons (Fsp3) is 0.222. The van der Waals surface area contributed by atoms with Crippen LogP contribution in [0, 0.1) is 6.92 Å². The number of carbonyl (C=O) groups excluding carboxylic acids is 3. The lowest BCUT2D eigenvalue weighted by Gasteiger charge is -2.13. The molecule has 176 valence electrons. The molecule has 1 amide bonds. The smallest absolute Gasteiger partial charge is 0.339 e. The molecular weight excluding hydrogens is 434 g/mol. The Hall–Kier alpha value is -4.13. The van der Waals surface area contributed by atoms with Gasteiger partial charge in [0, 0.05) is 22.9 Å². The number of anilines is 1. The summed E-state index contributed by atoms with van der Waals surface area (Å²) in [7, 11) is 0. The molecule has 0 aliphatic heterocycles. The van der Waals surface area contributed by atoms with E-state index < -0.39 is 18.5 Å². The van der Waals surface area contributed by atoms with Crippen molar-refractivity contribution in [3.05, 3.63) is 89.0 Å². The van der Waals surface area contributed by atoms with E-state index in [1.165, 1.54) is 6.07 Å². The van der Waals surface area contributed by atoms with Gasteiger partial charge < -0.3 is 19.5 Å². The average molecular weight is 462 g/mol. The van der Waals surface area contributed by atoms with Crippen LogP contribution < -0.4 is 14.8 Å². The van der Waals surface area contributed by atoms with Gasteiger partial charge in [0.1, 0.15) is 0 Å². The van der Waals surface area contributed by atoms with E-state index in [1.54, 1.807) is 48.5 Å². The first-order valence-corrected chi connectivity index (χ1v) is 11.0. The minimum atomic E-state index is -0.757. The van der Waals surface area contributed by atoms with Crippen molar-refractivity contribution in [3.63, 3.8) is 0 Å². The fourth-order valence-electron chi connectivity index (χ4n) is 3.25. The topological polar surface area (TPSA) is 90.9 Å². The highest BCUT2D eigenvalue weighted by molar-refractivity contribution is 6.14. The number of rotatable bonds is 10. The van der Waals surface area contributed by atoms with Crippen LogP contribution in [0.2, 0.25) is 0 Å². The van der Waals surface area contributed by atoms with E-state index >= 15 is 0 Å². The molecule has 0 spiro atoms. The summed E-state index contributed by atoms with van der Waals surface area (Å²) in [6.45, 7) is 6.05. The maximum atomic E-state index is 12.9. The molecule has 3 aromatic rings. The van der Waals surface area contributed by atoms with Gasteiger partial charge in [-0.1, -0.05) is 48.0 Å². The van der Waals surface area contributed by atoms with Crippen molar-refractivity contribution in [1.29, 1.82) is 0 Å². The maximum Gasteiger partial charge on any atom is 0.339 e. The van der Waals surface area contributed by atoms with Crippen LogP contribution in [-0.2, 0) is 9.53 Å². The summed E-state index contributed by atoms with van der Waals surface area (Å²) < 4.78 is 16.3. The molecule has 3 aromatic carbocycles. The molecule has 0 atom stereocenters. The molecule has 34 heavy (non-hydrogen) atoms. The summed E-state index contributed by atoms with van der Waals surface area (Å²) >= 11 is 0. The Morgan fingerprint density at radius 1 is 0.794 bits per heavy atom. The van der Waals surface area contributed by atoms with E-state index in [-0.39, 0.29) is 16.9 Å². The van der Waals surface area contributed by atoms with Crippen LogP contribution in [0.25, 0.3) is 0 Å². The Kier molecular flexibility index (Phi) is 8.40. The monoisotopic (exact) mass is 461 g/mol. The first-order chi connectivity index (χ1) is 16.4. The highest BCUT2D eigenvalue weighted by atomic mass is 16.5. The van der Waals surface area contributed by atoms with Crippen molar-refractivity contribution in [2.45, 2.75) is 20.8 Å². The van der Waals surface area contributed by atoms with Gasteiger partial charge in [-0.25, -0.2) is 4.79 Å². The van der Waals surface area contributed by atoms with E-state index in [9.17, 15) is 14.4 Å². The molecule has 0 unspecified atom stereocenters. The third kappa shape index (κ3) is 6.22. The number of amides is 1. The molecule has 0 saturated heterocycles. The lowest BCUT2D eigenvalue weighted by molar-refractivity contribution is -0.119. The molecule has 0 heterocycles. The Morgan fingerprint density at radius 3 is 2.12 bits per heavy atom.